The molecule has 1 unspecified atom stereocenters. The Morgan fingerprint density at radius 2 is 1.95 bits per heavy atom. The maximum atomic E-state index is 13.8. The van der Waals surface area contributed by atoms with Crippen LogP contribution in [0.3, 0.4) is 0 Å². The minimum atomic E-state index is -0.728. The molecule has 0 aliphatic carbocycles. The lowest BCUT2D eigenvalue weighted by atomic mass is 9.96. The van der Waals surface area contributed by atoms with Crippen LogP contribution in [0, 0.1) is 19.7 Å². The highest BCUT2D eigenvalue weighted by molar-refractivity contribution is 6.30. The van der Waals surface area contributed by atoms with Gasteiger partial charge in [0, 0.05) is 6.42 Å². The van der Waals surface area contributed by atoms with Gasteiger partial charge in [0.2, 0.25) is 0 Å². The van der Waals surface area contributed by atoms with Gasteiger partial charge >= 0.3 is 0 Å². The summed E-state index contributed by atoms with van der Waals surface area (Å²) in [5.74, 6) is -0.451. The molecule has 2 aromatic carbocycles. The molecule has 0 aliphatic rings. The molecule has 2 rings (SSSR count). The third-order valence-corrected chi connectivity index (χ3v) is 3.52. The van der Waals surface area contributed by atoms with Crippen LogP contribution >= 0.6 is 11.6 Å². The van der Waals surface area contributed by atoms with Crippen LogP contribution < -0.4 is 0 Å². The van der Waals surface area contributed by atoms with Crippen molar-refractivity contribution in [3.8, 4) is 0 Å². The van der Waals surface area contributed by atoms with Crippen molar-refractivity contribution in [2.75, 3.05) is 0 Å². The highest BCUT2D eigenvalue weighted by atomic mass is 35.5. The highest BCUT2D eigenvalue weighted by Crippen LogP contribution is 2.26. The summed E-state index contributed by atoms with van der Waals surface area (Å²) in [7, 11) is 0. The zero-order valence-corrected chi connectivity index (χ0v) is 11.7. The summed E-state index contributed by atoms with van der Waals surface area (Å²) < 4.78 is 13.8. The highest BCUT2D eigenvalue weighted by Gasteiger charge is 2.15. The first kappa shape index (κ1) is 14.0. The van der Waals surface area contributed by atoms with Crippen LogP contribution in [0.25, 0.3) is 0 Å². The van der Waals surface area contributed by atoms with E-state index in [9.17, 15) is 9.50 Å². The van der Waals surface area contributed by atoms with Crippen LogP contribution in [-0.2, 0) is 6.42 Å². The van der Waals surface area contributed by atoms with E-state index in [1.165, 1.54) is 6.07 Å². The smallest absolute Gasteiger partial charge is 0.145 e. The Labute approximate surface area is 117 Å². The van der Waals surface area contributed by atoms with Crippen LogP contribution in [0.2, 0.25) is 5.02 Å². The Bertz CT molecular complexity index is 595. The molecule has 0 spiro atoms. The molecule has 0 heterocycles. The summed E-state index contributed by atoms with van der Waals surface area (Å²) in [5.41, 5.74) is 3.40. The number of benzene rings is 2. The maximum Gasteiger partial charge on any atom is 0.145 e. The largest absolute Gasteiger partial charge is 0.388 e. The van der Waals surface area contributed by atoms with Gasteiger partial charge in [-0.15, -0.1) is 0 Å². The molecule has 0 aliphatic heterocycles. The van der Waals surface area contributed by atoms with Crippen molar-refractivity contribution < 1.29 is 9.50 Å². The van der Waals surface area contributed by atoms with Gasteiger partial charge in [-0.2, -0.15) is 0 Å². The predicted octanol–water partition coefficient (Wildman–Crippen LogP) is 4.37. The molecule has 1 nitrogen and oxygen atoms in total. The van der Waals surface area contributed by atoms with E-state index in [4.69, 9.17) is 11.6 Å². The molecular weight excluding hydrogens is 263 g/mol. The summed E-state index contributed by atoms with van der Waals surface area (Å²) in [6.45, 7) is 3.94. The number of rotatable bonds is 3. The van der Waals surface area contributed by atoms with Crippen molar-refractivity contribution in [1.29, 1.82) is 0 Å². The van der Waals surface area contributed by atoms with Crippen LogP contribution in [-0.4, -0.2) is 5.11 Å². The Morgan fingerprint density at radius 1 is 1.21 bits per heavy atom. The lowest BCUT2D eigenvalue weighted by Gasteiger charge is -2.15. The van der Waals surface area contributed by atoms with Crippen LogP contribution in [0.4, 0.5) is 4.39 Å². The van der Waals surface area contributed by atoms with E-state index in [0.29, 0.717) is 5.56 Å². The van der Waals surface area contributed by atoms with E-state index < -0.39 is 11.9 Å². The van der Waals surface area contributed by atoms with Crippen molar-refractivity contribution in [1.82, 2.24) is 0 Å². The van der Waals surface area contributed by atoms with Crippen molar-refractivity contribution in [3.63, 3.8) is 0 Å². The van der Waals surface area contributed by atoms with E-state index in [2.05, 4.69) is 0 Å². The van der Waals surface area contributed by atoms with Crippen molar-refractivity contribution in [2.24, 2.45) is 0 Å². The maximum absolute atomic E-state index is 13.8. The molecule has 2 aromatic rings. The Morgan fingerprint density at radius 3 is 2.63 bits per heavy atom. The van der Waals surface area contributed by atoms with Gasteiger partial charge in [0.05, 0.1) is 11.1 Å². The molecular formula is C16H16ClFO. The van der Waals surface area contributed by atoms with E-state index >= 15 is 0 Å². The zero-order valence-electron chi connectivity index (χ0n) is 11.0. The number of aryl methyl sites for hydroxylation is 2. The minimum Gasteiger partial charge on any atom is -0.388 e. The van der Waals surface area contributed by atoms with Crippen LogP contribution in [0.5, 0.6) is 0 Å². The van der Waals surface area contributed by atoms with E-state index in [1.54, 1.807) is 12.1 Å². The second-order valence-electron chi connectivity index (χ2n) is 4.79. The fraction of sp³-hybridized carbons (Fsp3) is 0.250. The fourth-order valence-electron chi connectivity index (χ4n) is 2.22. The van der Waals surface area contributed by atoms with E-state index in [0.717, 1.165) is 16.7 Å². The first-order chi connectivity index (χ1) is 8.99. The summed E-state index contributed by atoms with van der Waals surface area (Å²) in [6, 6.07) is 10.7. The third kappa shape index (κ3) is 3.14. The normalized spacial score (nSPS) is 12.5. The average molecular weight is 279 g/mol. The molecule has 19 heavy (non-hydrogen) atoms. The average Bonchev–Trinajstić information content (AvgIpc) is 2.34. The van der Waals surface area contributed by atoms with Crippen molar-refractivity contribution in [2.45, 2.75) is 26.4 Å². The summed E-state index contributed by atoms with van der Waals surface area (Å²) in [4.78, 5) is 0. The van der Waals surface area contributed by atoms with Gasteiger partial charge in [0.1, 0.15) is 5.82 Å². The summed E-state index contributed by atoms with van der Waals surface area (Å²) >= 11 is 5.74. The van der Waals surface area contributed by atoms with Gasteiger partial charge in [-0.25, -0.2) is 4.39 Å². The van der Waals surface area contributed by atoms with Crippen molar-refractivity contribution >= 4 is 11.6 Å². The molecule has 0 radical (unpaired) electrons. The quantitative estimate of drug-likeness (QED) is 0.884. The topological polar surface area (TPSA) is 20.2 Å². The zero-order chi connectivity index (χ0) is 14.0. The number of hydrogen-bond donors (Lipinski definition) is 1. The van der Waals surface area contributed by atoms with Gasteiger partial charge in [0.25, 0.3) is 0 Å². The van der Waals surface area contributed by atoms with Crippen LogP contribution in [0.1, 0.15) is 28.4 Å². The molecule has 0 saturated carbocycles. The van der Waals surface area contributed by atoms with Gasteiger partial charge in [0.15, 0.2) is 0 Å². The molecule has 0 saturated heterocycles. The first-order valence-electron chi connectivity index (χ1n) is 6.17. The molecule has 1 N–H and O–H groups in total. The Balaban J connectivity index is 2.25. The monoisotopic (exact) mass is 278 g/mol. The molecule has 0 amide bonds. The Hall–Kier alpha value is -1.38. The van der Waals surface area contributed by atoms with Gasteiger partial charge in [-0.3, -0.25) is 0 Å². The minimum absolute atomic E-state index is 0.0883. The standard InChI is InChI=1S/C16H16ClFO/c1-10-6-7-13(11(2)8-10)15(19)9-12-4-3-5-14(17)16(12)18/h3-8,15,19H,9H2,1-2H3. The summed E-state index contributed by atoms with van der Waals surface area (Å²) in [5, 5.41) is 10.3. The van der Waals surface area contributed by atoms with Gasteiger partial charge in [-0.05, 0) is 36.6 Å². The number of aliphatic hydroxyl groups excluding tert-OH is 1. The lowest BCUT2D eigenvalue weighted by Crippen LogP contribution is -2.05. The third-order valence-electron chi connectivity index (χ3n) is 3.23. The molecule has 0 bridgehead atoms. The SMILES string of the molecule is Cc1ccc(C(O)Cc2cccc(Cl)c2F)c(C)c1. The second-order valence-corrected chi connectivity index (χ2v) is 5.20. The first-order valence-corrected chi connectivity index (χ1v) is 6.55. The van der Waals surface area contributed by atoms with Crippen molar-refractivity contribution in [3.05, 3.63) is 69.5 Å². The molecule has 0 fully saturated rings. The molecule has 1 atom stereocenters. The number of halogens is 2. The predicted molar refractivity (Wildman–Crippen MR) is 76.0 cm³/mol. The Kier molecular flexibility index (Phi) is 4.23. The van der Waals surface area contributed by atoms with E-state index in [1.807, 2.05) is 32.0 Å². The lowest BCUT2D eigenvalue weighted by molar-refractivity contribution is 0.176. The molecule has 100 valence electrons. The number of aliphatic hydroxyl groups is 1. The van der Waals surface area contributed by atoms with E-state index in [-0.39, 0.29) is 11.4 Å². The molecule has 3 heteroatoms. The van der Waals surface area contributed by atoms with Gasteiger partial charge < -0.3 is 5.11 Å². The second kappa shape index (κ2) is 5.72. The molecule has 0 aromatic heterocycles. The number of hydrogen-bond acceptors (Lipinski definition) is 1. The van der Waals surface area contributed by atoms with Gasteiger partial charge in [-0.1, -0.05) is 47.5 Å². The van der Waals surface area contributed by atoms with Crippen LogP contribution in [0.15, 0.2) is 36.4 Å². The fourth-order valence-corrected chi connectivity index (χ4v) is 2.42. The summed E-state index contributed by atoms with van der Waals surface area (Å²) in [6.07, 6.45) is -0.510.